The van der Waals surface area contributed by atoms with Crippen molar-refractivity contribution in [2.24, 2.45) is 5.73 Å². The molecule has 1 aromatic carbocycles. The van der Waals surface area contributed by atoms with Crippen LogP contribution in [-0.2, 0) is 0 Å². The number of nitrogens with two attached hydrogens (primary N) is 1. The van der Waals surface area contributed by atoms with Crippen molar-refractivity contribution in [1.29, 1.82) is 0 Å². The van der Waals surface area contributed by atoms with E-state index in [1.807, 2.05) is 18.2 Å². The van der Waals surface area contributed by atoms with E-state index in [-0.39, 0.29) is 11.6 Å². The summed E-state index contributed by atoms with van der Waals surface area (Å²) in [6.45, 7) is 0. The van der Waals surface area contributed by atoms with Gasteiger partial charge in [0.25, 0.3) is 0 Å². The number of benzene rings is 1. The lowest BCUT2D eigenvalue weighted by molar-refractivity contribution is 0.00177. The monoisotopic (exact) mass is 247 g/mol. The second-order valence-corrected chi connectivity index (χ2v) is 5.56. The minimum absolute atomic E-state index is 0.0168. The highest BCUT2D eigenvalue weighted by Gasteiger charge is 2.40. The van der Waals surface area contributed by atoms with Crippen LogP contribution in [-0.4, -0.2) is 12.7 Å². The molecule has 98 valence electrons. The van der Waals surface area contributed by atoms with E-state index in [1.54, 1.807) is 7.11 Å². The molecular weight excluding hydrogens is 226 g/mol. The predicted octanol–water partition coefficient (Wildman–Crippen LogP) is 3.18. The van der Waals surface area contributed by atoms with Gasteiger partial charge in [0.15, 0.2) is 0 Å². The Balaban J connectivity index is 1.94. The van der Waals surface area contributed by atoms with Crippen molar-refractivity contribution in [2.45, 2.75) is 50.2 Å². The largest absolute Gasteiger partial charge is 0.497 e. The van der Waals surface area contributed by atoms with Crippen LogP contribution in [0.5, 0.6) is 11.5 Å². The van der Waals surface area contributed by atoms with E-state index >= 15 is 0 Å². The van der Waals surface area contributed by atoms with E-state index in [1.165, 1.54) is 19.3 Å². The summed E-state index contributed by atoms with van der Waals surface area (Å²) in [5.74, 6) is 1.77. The molecule has 1 aromatic rings. The van der Waals surface area contributed by atoms with Crippen LogP contribution in [0.15, 0.2) is 18.2 Å². The van der Waals surface area contributed by atoms with E-state index in [2.05, 4.69) is 0 Å². The lowest BCUT2D eigenvalue weighted by atomic mass is 9.77. The van der Waals surface area contributed by atoms with Gasteiger partial charge in [0.1, 0.15) is 17.1 Å². The van der Waals surface area contributed by atoms with Crippen LogP contribution in [0.4, 0.5) is 0 Å². The Morgan fingerprint density at radius 1 is 1.28 bits per heavy atom. The lowest BCUT2D eigenvalue weighted by Gasteiger charge is -2.43. The Hall–Kier alpha value is -1.22. The molecule has 2 aliphatic rings. The molecule has 1 aliphatic heterocycles. The molecule has 0 radical (unpaired) electrons. The van der Waals surface area contributed by atoms with Gasteiger partial charge in [-0.25, -0.2) is 0 Å². The highest BCUT2D eigenvalue weighted by atomic mass is 16.5. The average Bonchev–Trinajstić information content (AvgIpc) is 2.38. The quantitative estimate of drug-likeness (QED) is 0.829. The van der Waals surface area contributed by atoms with Gasteiger partial charge in [-0.2, -0.15) is 0 Å². The Bertz CT molecular complexity index is 438. The molecule has 0 amide bonds. The first-order chi connectivity index (χ1) is 8.72. The molecule has 0 saturated heterocycles. The van der Waals surface area contributed by atoms with Crippen LogP contribution in [0.1, 0.15) is 50.1 Å². The Morgan fingerprint density at radius 3 is 2.78 bits per heavy atom. The van der Waals surface area contributed by atoms with Gasteiger partial charge in [-0.15, -0.1) is 0 Å². The van der Waals surface area contributed by atoms with Crippen molar-refractivity contribution in [3.63, 3.8) is 0 Å². The van der Waals surface area contributed by atoms with Gasteiger partial charge in [-0.3, -0.25) is 0 Å². The third kappa shape index (κ3) is 1.97. The minimum atomic E-state index is -0.0168. The average molecular weight is 247 g/mol. The molecule has 1 heterocycles. The zero-order valence-corrected chi connectivity index (χ0v) is 10.9. The Labute approximate surface area is 108 Å². The number of methoxy groups -OCH3 is 1. The number of hydrogen-bond acceptors (Lipinski definition) is 3. The van der Waals surface area contributed by atoms with Gasteiger partial charge in [0, 0.05) is 24.1 Å². The number of rotatable bonds is 1. The summed E-state index contributed by atoms with van der Waals surface area (Å²) in [5.41, 5.74) is 7.42. The summed E-state index contributed by atoms with van der Waals surface area (Å²) in [6.07, 6.45) is 7.06. The molecule has 18 heavy (non-hydrogen) atoms. The van der Waals surface area contributed by atoms with Crippen LogP contribution in [0, 0.1) is 0 Å². The molecule has 1 unspecified atom stereocenters. The van der Waals surface area contributed by atoms with E-state index in [4.69, 9.17) is 15.2 Å². The van der Waals surface area contributed by atoms with Gasteiger partial charge < -0.3 is 15.2 Å². The summed E-state index contributed by atoms with van der Waals surface area (Å²) in [6, 6.07) is 6.07. The summed E-state index contributed by atoms with van der Waals surface area (Å²) in [5, 5.41) is 0. The Morgan fingerprint density at radius 2 is 2.06 bits per heavy atom. The highest BCUT2D eigenvalue weighted by molar-refractivity contribution is 5.44. The maximum absolute atomic E-state index is 6.32. The summed E-state index contributed by atoms with van der Waals surface area (Å²) in [7, 11) is 1.68. The van der Waals surface area contributed by atoms with Gasteiger partial charge in [0.05, 0.1) is 7.11 Å². The van der Waals surface area contributed by atoms with Crippen LogP contribution in [0.3, 0.4) is 0 Å². The van der Waals surface area contributed by atoms with Gasteiger partial charge in [-0.05, 0) is 31.7 Å². The van der Waals surface area contributed by atoms with Crippen molar-refractivity contribution < 1.29 is 9.47 Å². The zero-order chi connectivity index (χ0) is 12.6. The molecule has 3 rings (SSSR count). The molecule has 1 fully saturated rings. The van der Waals surface area contributed by atoms with Crippen molar-refractivity contribution in [3.05, 3.63) is 23.8 Å². The molecular formula is C15H21NO2. The normalized spacial score (nSPS) is 25.3. The third-order valence-corrected chi connectivity index (χ3v) is 4.30. The molecule has 1 spiro atoms. The SMILES string of the molecule is COc1ccc2c(c1)OC1(CCCCC1)CC2N. The molecule has 1 atom stereocenters. The van der Waals surface area contributed by atoms with Crippen LogP contribution < -0.4 is 15.2 Å². The maximum atomic E-state index is 6.32. The summed E-state index contributed by atoms with van der Waals surface area (Å²) >= 11 is 0. The van der Waals surface area contributed by atoms with Gasteiger partial charge in [-0.1, -0.05) is 12.5 Å². The molecule has 1 saturated carbocycles. The molecule has 3 heteroatoms. The first-order valence-electron chi connectivity index (χ1n) is 6.85. The number of ether oxygens (including phenoxy) is 2. The van der Waals surface area contributed by atoms with E-state index in [0.717, 1.165) is 36.3 Å². The van der Waals surface area contributed by atoms with Crippen molar-refractivity contribution >= 4 is 0 Å². The van der Waals surface area contributed by atoms with Gasteiger partial charge >= 0.3 is 0 Å². The van der Waals surface area contributed by atoms with E-state index in [9.17, 15) is 0 Å². The van der Waals surface area contributed by atoms with Crippen molar-refractivity contribution in [2.75, 3.05) is 7.11 Å². The Kier molecular flexibility index (Phi) is 2.94. The summed E-state index contributed by atoms with van der Waals surface area (Å²) < 4.78 is 11.6. The van der Waals surface area contributed by atoms with Crippen LogP contribution >= 0.6 is 0 Å². The van der Waals surface area contributed by atoms with E-state index in [0.29, 0.717) is 0 Å². The van der Waals surface area contributed by atoms with Crippen molar-refractivity contribution in [3.8, 4) is 11.5 Å². The van der Waals surface area contributed by atoms with Crippen LogP contribution in [0.2, 0.25) is 0 Å². The number of hydrogen-bond donors (Lipinski definition) is 1. The topological polar surface area (TPSA) is 44.5 Å². The minimum Gasteiger partial charge on any atom is -0.497 e. The summed E-state index contributed by atoms with van der Waals surface area (Å²) in [4.78, 5) is 0. The maximum Gasteiger partial charge on any atom is 0.128 e. The fourth-order valence-corrected chi connectivity index (χ4v) is 3.32. The first kappa shape index (κ1) is 11.8. The first-order valence-corrected chi connectivity index (χ1v) is 6.85. The molecule has 3 nitrogen and oxygen atoms in total. The third-order valence-electron chi connectivity index (χ3n) is 4.30. The standard InChI is InChI=1S/C15H21NO2/c1-17-11-5-6-12-13(16)10-15(18-14(12)9-11)7-3-2-4-8-15/h5-6,9,13H,2-4,7-8,10,16H2,1H3. The van der Waals surface area contributed by atoms with Gasteiger partial charge in [0.2, 0.25) is 0 Å². The molecule has 2 N–H and O–H groups in total. The molecule has 1 aliphatic carbocycles. The highest BCUT2D eigenvalue weighted by Crippen LogP contribution is 2.46. The van der Waals surface area contributed by atoms with Crippen LogP contribution in [0.25, 0.3) is 0 Å². The zero-order valence-electron chi connectivity index (χ0n) is 10.9. The fourth-order valence-electron chi connectivity index (χ4n) is 3.32. The fraction of sp³-hybridized carbons (Fsp3) is 0.600. The second-order valence-electron chi connectivity index (χ2n) is 5.56. The molecule has 0 bridgehead atoms. The van der Waals surface area contributed by atoms with Crippen molar-refractivity contribution in [1.82, 2.24) is 0 Å². The van der Waals surface area contributed by atoms with E-state index < -0.39 is 0 Å². The number of fused-ring (bicyclic) bond motifs is 1. The molecule has 0 aromatic heterocycles. The lowest BCUT2D eigenvalue weighted by Crippen LogP contribution is -2.44. The second kappa shape index (κ2) is 4.47. The predicted molar refractivity (Wildman–Crippen MR) is 71.0 cm³/mol. The smallest absolute Gasteiger partial charge is 0.128 e.